The number of ether oxygens (including phenoxy) is 1. The maximum Gasteiger partial charge on any atom is 0.254 e. The summed E-state index contributed by atoms with van der Waals surface area (Å²) in [7, 11) is 0. The number of allylic oxidation sites excluding steroid dienone is 1. The summed E-state index contributed by atoms with van der Waals surface area (Å²) >= 11 is 1.70. The van der Waals surface area contributed by atoms with Gasteiger partial charge >= 0.3 is 0 Å². The number of anilines is 2. The van der Waals surface area contributed by atoms with Gasteiger partial charge in [0, 0.05) is 49.0 Å². The highest BCUT2D eigenvalue weighted by molar-refractivity contribution is 7.20. The molecule has 0 atom stereocenters. The van der Waals surface area contributed by atoms with Crippen molar-refractivity contribution in [2.24, 2.45) is 5.73 Å². The van der Waals surface area contributed by atoms with Crippen LogP contribution in [0.2, 0.25) is 0 Å². The van der Waals surface area contributed by atoms with Gasteiger partial charge in [0.2, 0.25) is 5.95 Å². The van der Waals surface area contributed by atoms with Crippen molar-refractivity contribution in [1.29, 1.82) is 0 Å². The summed E-state index contributed by atoms with van der Waals surface area (Å²) in [5.41, 5.74) is 15.8. The van der Waals surface area contributed by atoms with Crippen molar-refractivity contribution in [2.45, 2.75) is 12.8 Å². The lowest BCUT2D eigenvalue weighted by atomic mass is 10.0. The van der Waals surface area contributed by atoms with Crippen molar-refractivity contribution in [3.8, 4) is 11.4 Å². The van der Waals surface area contributed by atoms with Gasteiger partial charge in [0.25, 0.3) is 5.91 Å². The summed E-state index contributed by atoms with van der Waals surface area (Å²) in [4.78, 5) is 36.5. The molecule has 10 nitrogen and oxygen atoms in total. The van der Waals surface area contributed by atoms with Crippen molar-refractivity contribution in [3.63, 3.8) is 0 Å². The van der Waals surface area contributed by atoms with E-state index in [1.165, 1.54) is 11.8 Å². The van der Waals surface area contributed by atoms with Crippen molar-refractivity contribution >= 4 is 44.8 Å². The highest BCUT2D eigenvalue weighted by Crippen LogP contribution is 2.38. The molecule has 0 bridgehead atoms. The summed E-state index contributed by atoms with van der Waals surface area (Å²) in [6, 6.07) is 9.87. The van der Waals surface area contributed by atoms with Crippen molar-refractivity contribution < 1.29 is 9.53 Å². The van der Waals surface area contributed by atoms with Gasteiger partial charge in [0.05, 0.1) is 29.0 Å². The molecule has 1 fully saturated rings. The van der Waals surface area contributed by atoms with Gasteiger partial charge in [0.15, 0.2) is 11.6 Å². The van der Waals surface area contributed by atoms with E-state index in [0.717, 1.165) is 52.4 Å². The lowest BCUT2D eigenvalue weighted by molar-refractivity contribution is 0.0773. The number of nitrogen functional groups attached to an aromatic ring is 1. The Bertz CT molecular complexity index is 1570. The zero-order valence-corrected chi connectivity index (χ0v) is 22.8. The molecule has 0 spiro atoms. The molecular weight excluding hydrogens is 524 g/mol. The number of amides is 1. The average molecular weight is 555 g/mol. The van der Waals surface area contributed by atoms with Gasteiger partial charge in [0.1, 0.15) is 0 Å². The van der Waals surface area contributed by atoms with Crippen LogP contribution in [0.3, 0.4) is 0 Å². The number of rotatable bonds is 6. The maximum absolute atomic E-state index is 13.1. The lowest BCUT2D eigenvalue weighted by Gasteiger charge is -2.28. The Labute approximate surface area is 236 Å². The number of hydrogen-bond acceptors (Lipinski definition) is 10. The molecule has 1 aromatic carbocycles. The quantitative estimate of drug-likeness (QED) is 0.367. The van der Waals surface area contributed by atoms with Crippen LogP contribution in [0.15, 0.2) is 61.1 Å². The standard InChI is InChI=1S/C29H30N8O2S/c30-9-1-2-19-3-5-21(6-4-19)28(38)37-10-7-20(8-11-37)24-16-23-25(40-24)27(36-12-14-39-15-13-36)35-26(34-23)22-17-32-29(31)33-18-22/h1,3-7,9,16-18H,2,8,10-15,30H2,(H2,31,32,33). The Morgan fingerprint density at radius 2 is 1.85 bits per heavy atom. The molecule has 1 saturated heterocycles. The molecule has 6 rings (SSSR count). The fourth-order valence-corrected chi connectivity index (χ4v) is 6.07. The number of carbonyl (C=O) groups excluding carboxylic acids is 1. The molecule has 0 aliphatic carbocycles. The zero-order chi connectivity index (χ0) is 27.5. The molecule has 11 heteroatoms. The number of hydrogen-bond donors (Lipinski definition) is 2. The van der Waals surface area contributed by atoms with Crippen LogP contribution in [-0.2, 0) is 11.2 Å². The van der Waals surface area contributed by atoms with Crippen LogP contribution in [-0.4, -0.2) is 70.1 Å². The van der Waals surface area contributed by atoms with E-state index in [1.54, 1.807) is 23.7 Å². The molecule has 0 saturated carbocycles. The highest BCUT2D eigenvalue weighted by atomic mass is 32.1. The van der Waals surface area contributed by atoms with E-state index < -0.39 is 0 Å². The summed E-state index contributed by atoms with van der Waals surface area (Å²) in [6.45, 7) is 4.07. The highest BCUT2D eigenvalue weighted by Gasteiger charge is 2.24. The van der Waals surface area contributed by atoms with Crippen molar-refractivity contribution in [2.75, 3.05) is 50.0 Å². The maximum atomic E-state index is 13.1. The third-order valence-corrected chi connectivity index (χ3v) is 8.29. The molecule has 204 valence electrons. The SMILES string of the molecule is NC=CCc1ccc(C(=O)N2CC=C(c3cc4nc(-c5cnc(N)nc5)nc(N5CCOCC5)c4s3)CC2)cc1. The number of fused-ring (bicyclic) bond motifs is 1. The van der Waals surface area contributed by atoms with Crippen molar-refractivity contribution in [3.05, 3.63) is 77.1 Å². The molecule has 0 unspecified atom stereocenters. The predicted molar refractivity (Wildman–Crippen MR) is 158 cm³/mol. The summed E-state index contributed by atoms with van der Waals surface area (Å²) in [5.74, 6) is 1.72. The second-order valence-electron chi connectivity index (χ2n) is 9.68. The fourth-order valence-electron chi connectivity index (χ4n) is 4.89. The largest absolute Gasteiger partial charge is 0.405 e. The Morgan fingerprint density at radius 1 is 1.07 bits per heavy atom. The molecule has 40 heavy (non-hydrogen) atoms. The van der Waals surface area contributed by atoms with Gasteiger partial charge in [-0.1, -0.05) is 24.3 Å². The number of benzene rings is 1. The van der Waals surface area contributed by atoms with E-state index in [4.69, 9.17) is 26.2 Å². The number of nitrogens with two attached hydrogens (primary N) is 2. The van der Waals surface area contributed by atoms with E-state index in [1.807, 2.05) is 35.2 Å². The number of carbonyl (C=O) groups is 1. The summed E-state index contributed by atoms with van der Waals surface area (Å²) in [5, 5.41) is 0. The Morgan fingerprint density at radius 3 is 2.55 bits per heavy atom. The minimum Gasteiger partial charge on any atom is -0.405 e. The third-order valence-electron chi connectivity index (χ3n) is 7.10. The van der Waals surface area contributed by atoms with Gasteiger partial charge in [-0.2, -0.15) is 0 Å². The Balaban J connectivity index is 1.26. The molecular formula is C29H30N8O2S. The molecule has 4 aromatic rings. The monoisotopic (exact) mass is 554 g/mol. The number of aromatic nitrogens is 4. The normalized spacial score (nSPS) is 16.1. The predicted octanol–water partition coefficient (Wildman–Crippen LogP) is 3.51. The van der Waals surface area contributed by atoms with Crippen LogP contribution in [0.5, 0.6) is 0 Å². The van der Waals surface area contributed by atoms with E-state index in [2.05, 4.69) is 27.0 Å². The molecule has 0 radical (unpaired) electrons. The molecule has 1 amide bonds. The Hall–Kier alpha value is -4.35. The van der Waals surface area contributed by atoms with Crippen LogP contribution < -0.4 is 16.4 Å². The molecule has 4 N–H and O–H groups in total. The molecule has 2 aliphatic heterocycles. The fraction of sp³-hybridized carbons (Fsp3) is 0.276. The third kappa shape index (κ3) is 5.38. The first-order chi connectivity index (χ1) is 19.6. The van der Waals surface area contributed by atoms with Crippen LogP contribution in [0.1, 0.15) is 27.2 Å². The minimum atomic E-state index is 0.0448. The van der Waals surface area contributed by atoms with Crippen LogP contribution in [0.4, 0.5) is 11.8 Å². The van der Waals surface area contributed by atoms with Crippen LogP contribution in [0.25, 0.3) is 27.2 Å². The van der Waals surface area contributed by atoms with Crippen LogP contribution >= 0.6 is 11.3 Å². The first kappa shape index (κ1) is 25.9. The smallest absolute Gasteiger partial charge is 0.254 e. The number of nitrogens with zero attached hydrogens (tertiary/aromatic N) is 6. The molecule has 2 aliphatic rings. The van der Waals surface area contributed by atoms with Gasteiger partial charge in [-0.3, -0.25) is 4.79 Å². The van der Waals surface area contributed by atoms with E-state index in [-0.39, 0.29) is 11.9 Å². The summed E-state index contributed by atoms with van der Waals surface area (Å²) in [6.07, 6.45) is 10.4. The number of thiophene rings is 1. The lowest BCUT2D eigenvalue weighted by Crippen LogP contribution is -2.36. The van der Waals surface area contributed by atoms with Crippen molar-refractivity contribution in [1.82, 2.24) is 24.8 Å². The molecule has 5 heterocycles. The topological polar surface area (TPSA) is 136 Å². The first-order valence-corrected chi connectivity index (χ1v) is 14.1. The van der Waals surface area contributed by atoms with E-state index >= 15 is 0 Å². The minimum absolute atomic E-state index is 0.0448. The van der Waals surface area contributed by atoms with Crippen LogP contribution in [0, 0.1) is 0 Å². The Kier molecular flexibility index (Phi) is 7.39. The van der Waals surface area contributed by atoms with E-state index in [9.17, 15) is 4.79 Å². The second kappa shape index (κ2) is 11.4. The van der Waals surface area contributed by atoms with Gasteiger partial charge in [-0.15, -0.1) is 11.3 Å². The first-order valence-electron chi connectivity index (χ1n) is 13.3. The van der Waals surface area contributed by atoms with Gasteiger partial charge < -0.3 is 26.0 Å². The van der Waals surface area contributed by atoms with Gasteiger partial charge in [-0.25, -0.2) is 19.9 Å². The summed E-state index contributed by atoms with van der Waals surface area (Å²) < 4.78 is 6.62. The van der Waals surface area contributed by atoms with E-state index in [0.29, 0.717) is 43.3 Å². The average Bonchev–Trinajstić information content (AvgIpc) is 3.45. The zero-order valence-electron chi connectivity index (χ0n) is 22.0. The number of morpholine rings is 1. The molecule has 3 aromatic heterocycles. The van der Waals surface area contributed by atoms with Gasteiger partial charge in [-0.05, 0) is 48.4 Å². The second-order valence-corrected chi connectivity index (χ2v) is 10.7.